The van der Waals surface area contributed by atoms with E-state index in [1.165, 1.54) is 6.07 Å². The second-order valence-electron chi connectivity index (χ2n) is 5.71. The van der Waals surface area contributed by atoms with Gasteiger partial charge in [0.15, 0.2) is 0 Å². The predicted octanol–water partition coefficient (Wildman–Crippen LogP) is 3.15. The van der Waals surface area contributed by atoms with Gasteiger partial charge in [-0.1, -0.05) is 26.0 Å². The Bertz CT molecular complexity index is 472. The summed E-state index contributed by atoms with van der Waals surface area (Å²) in [5.41, 5.74) is 6.96. The van der Waals surface area contributed by atoms with Gasteiger partial charge >= 0.3 is 5.97 Å². The molecule has 112 valence electrons. The molecule has 0 bridgehead atoms. The van der Waals surface area contributed by atoms with Gasteiger partial charge in [-0.3, -0.25) is 4.79 Å². The van der Waals surface area contributed by atoms with Crippen molar-refractivity contribution in [3.05, 3.63) is 35.1 Å². The first kappa shape index (κ1) is 16.6. The van der Waals surface area contributed by atoms with E-state index in [1.54, 1.807) is 19.9 Å². The molecule has 0 radical (unpaired) electrons. The summed E-state index contributed by atoms with van der Waals surface area (Å²) >= 11 is 0. The van der Waals surface area contributed by atoms with Crippen LogP contribution in [0, 0.1) is 18.7 Å². The summed E-state index contributed by atoms with van der Waals surface area (Å²) < 4.78 is 19.1. The molecule has 0 saturated carbocycles. The zero-order valence-corrected chi connectivity index (χ0v) is 12.8. The van der Waals surface area contributed by atoms with Crippen molar-refractivity contribution in [3.63, 3.8) is 0 Å². The van der Waals surface area contributed by atoms with Crippen LogP contribution >= 0.6 is 0 Å². The Labute approximate surface area is 120 Å². The molecule has 0 aliphatic rings. The summed E-state index contributed by atoms with van der Waals surface area (Å²) in [6, 6.07) is 4.51. The van der Waals surface area contributed by atoms with Gasteiger partial charge in [0.25, 0.3) is 0 Å². The van der Waals surface area contributed by atoms with Crippen LogP contribution in [0.5, 0.6) is 0 Å². The minimum absolute atomic E-state index is 0.0622. The molecule has 0 amide bonds. The van der Waals surface area contributed by atoms with E-state index < -0.39 is 12.0 Å². The Morgan fingerprint density at radius 1 is 1.25 bits per heavy atom. The first-order valence-electron chi connectivity index (χ1n) is 6.96. The molecule has 0 saturated heterocycles. The first-order chi connectivity index (χ1) is 9.23. The first-order valence-corrected chi connectivity index (χ1v) is 6.96. The van der Waals surface area contributed by atoms with Gasteiger partial charge in [-0.05, 0) is 43.9 Å². The standard InChI is InChI=1S/C16H24FNO2/c1-9(2)15(12(5)20-16(19)11(4)18)13-7-6-10(3)14(17)8-13/h6-9,11-12,15H,18H2,1-5H3/t11-,12-,15+/m0/s1. The van der Waals surface area contributed by atoms with Gasteiger partial charge in [0.05, 0.1) is 0 Å². The van der Waals surface area contributed by atoms with Crippen molar-refractivity contribution in [2.24, 2.45) is 11.7 Å². The number of hydrogen-bond donors (Lipinski definition) is 1. The van der Waals surface area contributed by atoms with Crippen molar-refractivity contribution in [1.29, 1.82) is 0 Å². The highest BCUT2D eigenvalue weighted by Crippen LogP contribution is 2.30. The quantitative estimate of drug-likeness (QED) is 0.843. The van der Waals surface area contributed by atoms with Crippen molar-refractivity contribution in [2.75, 3.05) is 0 Å². The van der Waals surface area contributed by atoms with Gasteiger partial charge in [-0.25, -0.2) is 4.39 Å². The number of carbonyl (C=O) groups is 1. The molecule has 3 atom stereocenters. The maximum atomic E-state index is 13.7. The summed E-state index contributed by atoms with van der Waals surface area (Å²) in [7, 11) is 0. The molecule has 0 spiro atoms. The normalized spacial score (nSPS) is 15.8. The van der Waals surface area contributed by atoms with Gasteiger partial charge in [-0.2, -0.15) is 0 Å². The maximum absolute atomic E-state index is 13.7. The van der Waals surface area contributed by atoms with Crippen molar-refractivity contribution >= 4 is 5.97 Å². The number of ether oxygens (including phenoxy) is 1. The second kappa shape index (κ2) is 6.84. The molecule has 3 nitrogen and oxygen atoms in total. The fraction of sp³-hybridized carbons (Fsp3) is 0.562. The van der Waals surface area contributed by atoms with Gasteiger partial charge in [0.1, 0.15) is 18.0 Å². The SMILES string of the molecule is Cc1ccc([C@H](C(C)C)[C@H](C)OC(=O)[C@H](C)N)cc1F. The Morgan fingerprint density at radius 2 is 1.85 bits per heavy atom. The smallest absolute Gasteiger partial charge is 0.322 e. The lowest BCUT2D eigenvalue weighted by Gasteiger charge is -2.28. The summed E-state index contributed by atoms with van der Waals surface area (Å²) in [5.74, 6) is -0.518. The topological polar surface area (TPSA) is 52.3 Å². The van der Waals surface area contributed by atoms with E-state index in [-0.39, 0.29) is 23.8 Å². The number of hydrogen-bond acceptors (Lipinski definition) is 3. The summed E-state index contributed by atoms with van der Waals surface area (Å²) in [5, 5.41) is 0. The van der Waals surface area contributed by atoms with Crippen LogP contribution in [0.2, 0.25) is 0 Å². The third-order valence-corrected chi connectivity index (χ3v) is 3.48. The van der Waals surface area contributed by atoms with Gasteiger partial charge in [0, 0.05) is 5.92 Å². The van der Waals surface area contributed by atoms with E-state index in [0.717, 1.165) is 5.56 Å². The Hall–Kier alpha value is -1.42. The molecule has 0 aliphatic carbocycles. The summed E-state index contributed by atoms with van der Waals surface area (Å²) in [6.45, 7) is 9.19. The minimum atomic E-state index is -0.653. The maximum Gasteiger partial charge on any atom is 0.322 e. The van der Waals surface area contributed by atoms with Gasteiger partial charge in [0.2, 0.25) is 0 Å². The molecule has 0 heterocycles. The largest absolute Gasteiger partial charge is 0.461 e. The number of carbonyl (C=O) groups excluding carboxylic acids is 1. The number of rotatable bonds is 5. The fourth-order valence-corrected chi connectivity index (χ4v) is 2.38. The molecule has 0 unspecified atom stereocenters. The van der Waals surface area contributed by atoms with E-state index in [2.05, 4.69) is 0 Å². The number of nitrogens with two attached hydrogens (primary N) is 1. The van der Waals surface area contributed by atoms with Crippen LogP contribution in [0.4, 0.5) is 4.39 Å². The molecule has 0 aromatic heterocycles. The average molecular weight is 281 g/mol. The number of halogens is 1. The molecule has 1 aromatic rings. The van der Waals surface area contributed by atoms with Crippen LogP contribution in [-0.4, -0.2) is 18.1 Å². The molecule has 1 rings (SSSR count). The average Bonchev–Trinajstić information content (AvgIpc) is 2.33. The molecule has 0 aliphatic heterocycles. The van der Waals surface area contributed by atoms with Gasteiger partial charge in [-0.15, -0.1) is 0 Å². The van der Waals surface area contributed by atoms with E-state index >= 15 is 0 Å². The van der Waals surface area contributed by atoms with Crippen molar-refractivity contribution in [3.8, 4) is 0 Å². The number of esters is 1. The third kappa shape index (κ3) is 4.04. The van der Waals surface area contributed by atoms with Crippen LogP contribution in [-0.2, 0) is 9.53 Å². The minimum Gasteiger partial charge on any atom is -0.461 e. The van der Waals surface area contributed by atoms with Crippen LogP contribution in [0.1, 0.15) is 44.7 Å². The van der Waals surface area contributed by atoms with E-state index in [0.29, 0.717) is 5.56 Å². The Balaban J connectivity index is 2.99. The zero-order chi connectivity index (χ0) is 15.4. The summed E-state index contributed by atoms with van der Waals surface area (Å²) in [4.78, 5) is 11.6. The van der Waals surface area contributed by atoms with E-state index in [9.17, 15) is 9.18 Å². The molecule has 20 heavy (non-hydrogen) atoms. The molecule has 4 heteroatoms. The molecular weight excluding hydrogens is 257 g/mol. The monoisotopic (exact) mass is 281 g/mol. The molecule has 1 aromatic carbocycles. The lowest BCUT2D eigenvalue weighted by atomic mass is 9.84. The summed E-state index contributed by atoms with van der Waals surface area (Å²) in [6.07, 6.45) is -0.351. The highest BCUT2D eigenvalue weighted by Gasteiger charge is 2.27. The van der Waals surface area contributed by atoms with E-state index in [4.69, 9.17) is 10.5 Å². The molecular formula is C16H24FNO2. The highest BCUT2D eigenvalue weighted by molar-refractivity contribution is 5.75. The lowest BCUT2D eigenvalue weighted by Crippen LogP contribution is -2.34. The predicted molar refractivity (Wildman–Crippen MR) is 77.9 cm³/mol. The van der Waals surface area contributed by atoms with Crippen molar-refractivity contribution in [2.45, 2.75) is 52.7 Å². The Kier molecular flexibility index (Phi) is 5.69. The van der Waals surface area contributed by atoms with Crippen LogP contribution in [0.25, 0.3) is 0 Å². The van der Waals surface area contributed by atoms with Crippen LogP contribution < -0.4 is 5.73 Å². The highest BCUT2D eigenvalue weighted by atomic mass is 19.1. The van der Waals surface area contributed by atoms with Gasteiger partial charge < -0.3 is 10.5 Å². The number of aryl methyl sites for hydroxylation is 1. The number of benzene rings is 1. The van der Waals surface area contributed by atoms with Crippen LogP contribution in [0.3, 0.4) is 0 Å². The lowest BCUT2D eigenvalue weighted by molar-refractivity contribution is -0.151. The fourth-order valence-electron chi connectivity index (χ4n) is 2.38. The van der Waals surface area contributed by atoms with E-state index in [1.807, 2.05) is 26.8 Å². The molecule has 0 fully saturated rings. The zero-order valence-electron chi connectivity index (χ0n) is 12.8. The van der Waals surface area contributed by atoms with Crippen molar-refractivity contribution < 1.29 is 13.9 Å². The van der Waals surface area contributed by atoms with Crippen LogP contribution in [0.15, 0.2) is 18.2 Å². The van der Waals surface area contributed by atoms with Crippen molar-refractivity contribution in [1.82, 2.24) is 0 Å². The Morgan fingerprint density at radius 3 is 2.30 bits per heavy atom. The molecule has 2 N–H and O–H groups in total. The third-order valence-electron chi connectivity index (χ3n) is 3.48. The second-order valence-corrected chi connectivity index (χ2v) is 5.71.